The molecule has 2 aromatic carbocycles. The van der Waals surface area contributed by atoms with Gasteiger partial charge in [-0.25, -0.2) is 0 Å². The predicted octanol–water partition coefficient (Wildman–Crippen LogP) is 0.665. The van der Waals surface area contributed by atoms with Gasteiger partial charge in [-0.15, -0.1) is 0 Å². The molecule has 3 rings (SSSR count). The monoisotopic (exact) mass is 375 g/mol. The van der Waals surface area contributed by atoms with Gasteiger partial charge in [0.2, 0.25) is 0 Å². The van der Waals surface area contributed by atoms with Crippen LogP contribution in [0, 0.1) is 0 Å². The summed E-state index contributed by atoms with van der Waals surface area (Å²) < 4.78 is 2.92. The second-order valence-electron chi connectivity index (χ2n) is 5.17. The van der Waals surface area contributed by atoms with Crippen LogP contribution in [0.4, 0.5) is 0 Å². The number of amides is 1. The molecule has 3 aromatic rings. The number of nitrogens with one attached hydrogen (secondary N) is 1. The van der Waals surface area contributed by atoms with E-state index in [1.54, 1.807) is 0 Å². The van der Waals surface area contributed by atoms with Crippen LogP contribution < -0.4 is 16.6 Å². The summed E-state index contributed by atoms with van der Waals surface area (Å²) in [7, 11) is 0. The zero-order chi connectivity index (χ0) is 16.2. The molecule has 0 fully saturated rings. The summed E-state index contributed by atoms with van der Waals surface area (Å²) in [6, 6.07) is 15.3. The zero-order valence-corrected chi connectivity index (χ0v) is 14.2. The third-order valence-corrected chi connectivity index (χ3v) is 5.83. The fourth-order valence-corrected chi connectivity index (χ4v) is 4.45. The number of benzene rings is 2. The van der Waals surface area contributed by atoms with E-state index in [1.165, 1.54) is 0 Å². The van der Waals surface area contributed by atoms with Crippen molar-refractivity contribution in [2.45, 2.75) is 6.42 Å². The molecule has 1 amide bonds. The van der Waals surface area contributed by atoms with Crippen molar-refractivity contribution in [3.8, 4) is 5.69 Å². The first-order valence-corrected chi connectivity index (χ1v) is 8.98. The van der Waals surface area contributed by atoms with E-state index in [4.69, 9.17) is 5.73 Å². The van der Waals surface area contributed by atoms with Crippen LogP contribution >= 0.6 is 0 Å². The molecule has 0 saturated heterocycles. The van der Waals surface area contributed by atoms with Crippen molar-refractivity contribution in [1.82, 2.24) is 8.88 Å². The molecule has 0 bridgehead atoms. The average molecular weight is 374 g/mol. The molecule has 1 aromatic heterocycles. The van der Waals surface area contributed by atoms with Gasteiger partial charge >= 0.3 is 139 Å². The SMILES string of the molecule is NCCNC(=O)Cc1ccc(-n2[se]c3ccccc3c2=O)cc1. The summed E-state index contributed by atoms with van der Waals surface area (Å²) in [6.45, 7) is 0.921. The molecule has 118 valence electrons. The number of fused-ring (bicyclic) bond motifs is 1. The van der Waals surface area contributed by atoms with E-state index in [-0.39, 0.29) is 26.2 Å². The standard InChI is InChI=1S/C17H17N3O2Se/c18-9-10-19-16(21)11-12-5-7-13(8-6-12)20-17(22)14-3-1-2-4-15(14)23-20/h1-8H,9-11,18H2,(H,19,21). The van der Waals surface area contributed by atoms with Gasteiger partial charge < -0.3 is 0 Å². The Morgan fingerprint density at radius 2 is 1.87 bits per heavy atom. The third-order valence-electron chi connectivity index (χ3n) is 3.49. The van der Waals surface area contributed by atoms with Crippen LogP contribution in [0.2, 0.25) is 0 Å². The van der Waals surface area contributed by atoms with Gasteiger partial charge in [-0.3, -0.25) is 0 Å². The molecule has 0 aliphatic heterocycles. The van der Waals surface area contributed by atoms with E-state index in [2.05, 4.69) is 5.32 Å². The maximum atomic E-state index is 12.4. The Labute approximate surface area is 139 Å². The van der Waals surface area contributed by atoms with E-state index in [0.29, 0.717) is 19.5 Å². The summed E-state index contributed by atoms with van der Waals surface area (Å²) in [5.74, 6) is -0.0444. The molecule has 1 heterocycles. The Morgan fingerprint density at radius 3 is 2.57 bits per heavy atom. The fourth-order valence-electron chi connectivity index (χ4n) is 2.35. The summed E-state index contributed by atoms with van der Waals surface area (Å²) in [5.41, 5.74) is 7.20. The Balaban J connectivity index is 1.82. The minimum absolute atomic E-state index is 0.0340. The number of carbonyl (C=O) groups is 1. The van der Waals surface area contributed by atoms with Crippen molar-refractivity contribution in [2.75, 3.05) is 13.1 Å². The van der Waals surface area contributed by atoms with E-state index in [9.17, 15) is 9.59 Å². The van der Waals surface area contributed by atoms with Gasteiger partial charge in [-0.1, -0.05) is 0 Å². The van der Waals surface area contributed by atoms with Crippen LogP contribution in [0.3, 0.4) is 0 Å². The number of hydrogen-bond donors (Lipinski definition) is 2. The summed E-state index contributed by atoms with van der Waals surface area (Å²) in [5, 5.41) is 3.53. The first-order chi connectivity index (χ1) is 11.2. The molecular formula is C17H17N3O2Se. The van der Waals surface area contributed by atoms with Gasteiger partial charge in [0.15, 0.2) is 0 Å². The first kappa shape index (κ1) is 15.7. The summed E-state index contributed by atoms with van der Waals surface area (Å²) in [6.07, 6.45) is 0.319. The van der Waals surface area contributed by atoms with Crippen LogP contribution in [0.5, 0.6) is 0 Å². The molecule has 6 heteroatoms. The molecule has 0 unspecified atom stereocenters. The summed E-state index contributed by atoms with van der Waals surface area (Å²) in [4.78, 5) is 24.1. The van der Waals surface area contributed by atoms with Crippen molar-refractivity contribution in [1.29, 1.82) is 0 Å². The number of nitrogens with two attached hydrogens (primary N) is 1. The number of carbonyl (C=O) groups excluding carboxylic acids is 1. The van der Waals surface area contributed by atoms with Crippen molar-refractivity contribution >= 4 is 30.3 Å². The Morgan fingerprint density at radius 1 is 1.13 bits per heavy atom. The zero-order valence-electron chi connectivity index (χ0n) is 12.5. The van der Waals surface area contributed by atoms with Crippen LogP contribution in [0.25, 0.3) is 15.3 Å². The normalized spacial score (nSPS) is 10.8. The van der Waals surface area contributed by atoms with E-state index < -0.39 is 0 Å². The average Bonchev–Trinajstić information content (AvgIpc) is 2.91. The van der Waals surface area contributed by atoms with Crippen molar-refractivity contribution < 1.29 is 4.79 Å². The van der Waals surface area contributed by atoms with E-state index in [0.717, 1.165) is 20.9 Å². The second kappa shape index (κ2) is 6.96. The molecule has 0 spiro atoms. The molecule has 3 N–H and O–H groups in total. The topological polar surface area (TPSA) is 77.1 Å². The first-order valence-electron chi connectivity index (χ1n) is 7.36. The van der Waals surface area contributed by atoms with Gasteiger partial charge in [-0.2, -0.15) is 0 Å². The molecule has 5 nitrogen and oxygen atoms in total. The molecule has 0 atom stereocenters. The van der Waals surface area contributed by atoms with E-state index in [1.807, 2.05) is 52.1 Å². The second-order valence-corrected chi connectivity index (χ2v) is 7.24. The van der Waals surface area contributed by atoms with Crippen molar-refractivity contribution in [2.24, 2.45) is 5.73 Å². The number of rotatable bonds is 5. The third kappa shape index (κ3) is 3.45. The molecule has 0 radical (unpaired) electrons. The number of aromatic nitrogens is 1. The molecule has 0 aliphatic carbocycles. The van der Waals surface area contributed by atoms with Gasteiger partial charge in [-0.05, 0) is 0 Å². The van der Waals surface area contributed by atoms with Gasteiger partial charge in [0.05, 0.1) is 0 Å². The molecule has 23 heavy (non-hydrogen) atoms. The van der Waals surface area contributed by atoms with Crippen molar-refractivity contribution in [3.05, 3.63) is 64.4 Å². The Bertz CT molecular complexity index is 881. The van der Waals surface area contributed by atoms with Gasteiger partial charge in [0.25, 0.3) is 0 Å². The molecule has 0 aliphatic rings. The van der Waals surface area contributed by atoms with Crippen LogP contribution in [-0.4, -0.2) is 37.3 Å². The van der Waals surface area contributed by atoms with Crippen molar-refractivity contribution in [3.63, 3.8) is 0 Å². The fraction of sp³-hybridized carbons (Fsp3) is 0.176. The number of hydrogen-bond acceptors (Lipinski definition) is 3. The minimum atomic E-state index is -0.0444. The predicted molar refractivity (Wildman–Crippen MR) is 92.3 cm³/mol. The van der Waals surface area contributed by atoms with E-state index >= 15 is 0 Å². The quantitative estimate of drug-likeness (QED) is 0.645. The van der Waals surface area contributed by atoms with Crippen LogP contribution in [-0.2, 0) is 11.2 Å². The Kier molecular flexibility index (Phi) is 4.76. The van der Waals surface area contributed by atoms with Crippen LogP contribution in [0.1, 0.15) is 5.56 Å². The van der Waals surface area contributed by atoms with Gasteiger partial charge in [0, 0.05) is 0 Å². The molecular weight excluding hydrogens is 357 g/mol. The number of nitrogens with zero attached hydrogens (tertiary/aromatic N) is 1. The Hall–Kier alpha value is -2.14. The maximum absolute atomic E-state index is 12.4. The van der Waals surface area contributed by atoms with Crippen LogP contribution in [0.15, 0.2) is 53.3 Å². The summed E-state index contributed by atoms with van der Waals surface area (Å²) >= 11 is -0.0340. The molecule has 0 saturated carbocycles. The van der Waals surface area contributed by atoms with Gasteiger partial charge in [0.1, 0.15) is 0 Å².